The molecule has 1 aliphatic rings. The van der Waals surface area contributed by atoms with E-state index in [0.29, 0.717) is 0 Å². The van der Waals surface area contributed by atoms with Crippen molar-refractivity contribution in [1.29, 1.82) is 0 Å². The van der Waals surface area contributed by atoms with E-state index in [1.807, 2.05) is 24.3 Å². The summed E-state index contributed by atoms with van der Waals surface area (Å²) in [6.45, 7) is 4.56. The van der Waals surface area contributed by atoms with Gasteiger partial charge < -0.3 is 10.5 Å². The third-order valence-corrected chi connectivity index (χ3v) is 4.14. The average molecular weight is 275 g/mol. The van der Waals surface area contributed by atoms with Crippen molar-refractivity contribution in [2.45, 2.75) is 6.54 Å². The number of morpholine rings is 1. The Morgan fingerprint density at radius 1 is 1.21 bits per heavy atom. The Kier molecular flexibility index (Phi) is 3.77. The Morgan fingerprint density at radius 3 is 2.68 bits per heavy atom. The Balaban J connectivity index is 1.70. The molecular formula is C14H17N3OS. The van der Waals surface area contributed by atoms with Gasteiger partial charge in [0.05, 0.1) is 18.9 Å². The summed E-state index contributed by atoms with van der Waals surface area (Å²) in [6, 6.07) is 7.87. The molecule has 2 N–H and O–H groups in total. The molecule has 0 bridgehead atoms. The maximum absolute atomic E-state index is 5.70. The summed E-state index contributed by atoms with van der Waals surface area (Å²) in [4.78, 5) is 7.08. The number of ether oxygens (including phenoxy) is 1. The number of aromatic nitrogens is 1. The van der Waals surface area contributed by atoms with E-state index in [1.54, 1.807) is 11.3 Å². The molecule has 0 aliphatic carbocycles. The first-order valence-corrected chi connectivity index (χ1v) is 7.29. The van der Waals surface area contributed by atoms with E-state index in [2.05, 4.69) is 10.3 Å². The van der Waals surface area contributed by atoms with Crippen LogP contribution in [0, 0.1) is 0 Å². The second-order valence-corrected chi connectivity index (χ2v) is 5.51. The van der Waals surface area contributed by atoms with Crippen LogP contribution in [-0.4, -0.2) is 36.2 Å². The first-order chi connectivity index (χ1) is 9.31. The Bertz CT molecular complexity index is 532. The van der Waals surface area contributed by atoms with Crippen molar-refractivity contribution in [1.82, 2.24) is 9.88 Å². The maximum atomic E-state index is 5.70. The topological polar surface area (TPSA) is 51.4 Å². The summed E-state index contributed by atoms with van der Waals surface area (Å²) < 4.78 is 5.35. The van der Waals surface area contributed by atoms with Crippen molar-refractivity contribution < 1.29 is 4.74 Å². The van der Waals surface area contributed by atoms with Crippen LogP contribution in [0.15, 0.2) is 29.6 Å². The number of benzene rings is 1. The van der Waals surface area contributed by atoms with Crippen LogP contribution in [0.25, 0.3) is 10.6 Å². The lowest BCUT2D eigenvalue weighted by molar-refractivity contribution is 0.0337. The van der Waals surface area contributed by atoms with E-state index in [-0.39, 0.29) is 0 Å². The van der Waals surface area contributed by atoms with Crippen LogP contribution in [0.1, 0.15) is 5.69 Å². The SMILES string of the molecule is Nc1ccc(-c2nc(CN3CCOCC3)cs2)cc1. The minimum atomic E-state index is 0.786. The summed E-state index contributed by atoms with van der Waals surface area (Å²) >= 11 is 1.69. The predicted molar refractivity (Wildman–Crippen MR) is 78.1 cm³/mol. The Morgan fingerprint density at radius 2 is 1.95 bits per heavy atom. The van der Waals surface area contributed by atoms with Crippen LogP contribution in [0.2, 0.25) is 0 Å². The molecule has 1 aliphatic heterocycles. The molecule has 0 saturated carbocycles. The Labute approximate surface area is 116 Å². The lowest BCUT2D eigenvalue weighted by Gasteiger charge is -2.25. The molecular weight excluding hydrogens is 258 g/mol. The van der Waals surface area contributed by atoms with Crippen LogP contribution < -0.4 is 5.73 Å². The lowest BCUT2D eigenvalue weighted by atomic mass is 10.2. The highest BCUT2D eigenvalue weighted by Gasteiger charge is 2.12. The zero-order valence-electron chi connectivity index (χ0n) is 10.7. The molecule has 0 spiro atoms. The molecule has 1 aromatic heterocycles. The number of anilines is 1. The van der Waals surface area contributed by atoms with Gasteiger partial charge >= 0.3 is 0 Å². The second-order valence-electron chi connectivity index (χ2n) is 4.65. The molecule has 2 aromatic rings. The van der Waals surface area contributed by atoms with E-state index >= 15 is 0 Å². The van der Waals surface area contributed by atoms with Gasteiger partial charge in [-0.3, -0.25) is 4.90 Å². The molecule has 1 aromatic carbocycles. The monoisotopic (exact) mass is 275 g/mol. The van der Waals surface area contributed by atoms with Crippen molar-refractivity contribution >= 4 is 17.0 Å². The number of thiazole rings is 1. The Hall–Kier alpha value is -1.43. The smallest absolute Gasteiger partial charge is 0.123 e. The molecule has 5 heteroatoms. The molecule has 19 heavy (non-hydrogen) atoms. The largest absolute Gasteiger partial charge is 0.399 e. The summed E-state index contributed by atoms with van der Waals surface area (Å²) in [5, 5.41) is 3.20. The molecule has 4 nitrogen and oxygen atoms in total. The molecule has 1 fully saturated rings. The molecule has 0 unspecified atom stereocenters. The van der Waals surface area contributed by atoms with Gasteiger partial charge in [0.25, 0.3) is 0 Å². The van der Waals surface area contributed by atoms with Crippen LogP contribution in [0.3, 0.4) is 0 Å². The van der Waals surface area contributed by atoms with Gasteiger partial charge in [-0.15, -0.1) is 11.3 Å². The van der Waals surface area contributed by atoms with Gasteiger partial charge in [0, 0.05) is 36.3 Å². The lowest BCUT2D eigenvalue weighted by Crippen LogP contribution is -2.35. The van der Waals surface area contributed by atoms with Gasteiger partial charge in [0.2, 0.25) is 0 Å². The van der Waals surface area contributed by atoms with Crippen molar-refractivity contribution in [3.05, 3.63) is 35.3 Å². The summed E-state index contributed by atoms with van der Waals surface area (Å²) in [5.41, 5.74) is 8.75. The summed E-state index contributed by atoms with van der Waals surface area (Å²) in [5.74, 6) is 0. The van der Waals surface area contributed by atoms with Gasteiger partial charge in [0.15, 0.2) is 0 Å². The third-order valence-electron chi connectivity index (χ3n) is 3.20. The fourth-order valence-corrected chi connectivity index (χ4v) is 2.94. The fourth-order valence-electron chi connectivity index (χ4n) is 2.13. The van der Waals surface area contributed by atoms with Crippen molar-refractivity contribution in [2.24, 2.45) is 0 Å². The average Bonchev–Trinajstić information content (AvgIpc) is 2.89. The van der Waals surface area contributed by atoms with E-state index in [1.165, 1.54) is 0 Å². The van der Waals surface area contributed by atoms with E-state index in [9.17, 15) is 0 Å². The highest BCUT2D eigenvalue weighted by molar-refractivity contribution is 7.13. The fraction of sp³-hybridized carbons (Fsp3) is 0.357. The van der Waals surface area contributed by atoms with Crippen LogP contribution >= 0.6 is 11.3 Å². The zero-order chi connectivity index (χ0) is 13.1. The van der Waals surface area contributed by atoms with Crippen molar-refractivity contribution in [3.8, 4) is 10.6 Å². The predicted octanol–water partition coefficient (Wildman–Crippen LogP) is 2.22. The number of hydrogen-bond donors (Lipinski definition) is 1. The molecule has 0 atom stereocenters. The van der Waals surface area contributed by atoms with Gasteiger partial charge in [-0.1, -0.05) is 0 Å². The summed E-state index contributed by atoms with van der Waals surface area (Å²) in [7, 11) is 0. The number of nitrogens with two attached hydrogens (primary N) is 1. The number of hydrogen-bond acceptors (Lipinski definition) is 5. The molecule has 1 saturated heterocycles. The van der Waals surface area contributed by atoms with E-state index < -0.39 is 0 Å². The van der Waals surface area contributed by atoms with Crippen LogP contribution in [0.4, 0.5) is 5.69 Å². The van der Waals surface area contributed by atoms with Gasteiger partial charge in [-0.25, -0.2) is 4.98 Å². The molecule has 2 heterocycles. The van der Waals surface area contributed by atoms with Crippen molar-refractivity contribution in [2.75, 3.05) is 32.0 Å². The normalized spacial score (nSPS) is 16.6. The number of nitrogens with zero attached hydrogens (tertiary/aromatic N) is 2. The van der Waals surface area contributed by atoms with Crippen LogP contribution in [0.5, 0.6) is 0 Å². The number of rotatable bonds is 3. The maximum Gasteiger partial charge on any atom is 0.123 e. The van der Waals surface area contributed by atoms with Gasteiger partial charge in [-0.2, -0.15) is 0 Å². The molecule has 100 valence electrons. The first kappa shape index (κ1) is 12.6. The van der Waals surface area contributed by atoms with Crippen molar-refractivity contribution in [3.63, 3.8) is 0 Å². The summed E-state index contributed by atoms with van der Waals surface area (Å²) in [6.07, 6.45) is 0. The third kappa shape index (κ3) is 3.12. The second kappa shape index (κ2) is 5.69. The molecule has 0 amide bonds. The van der Waals surface area contributed by atoms with E-state index in [0.717, 1.165) is 54.8 Å². The quantitative estimate of drug-likeness (QED) is 0.873. The van der Waals surface area contributed by atoms with Crippen LogP contribution in [-0.2, 0) is 11.3 Å². The van der Waals surface area contributed by atoms with Gasteiger partial charge in [-0.05, 0) is 24.3 Å². The highest BCUT2D eigenvalue weighted by Crippen LogP contribution is 2.25. The zero-order valence-corrected chi connectivity index (χ0v) is 11.5. The van der Waals surface area contributed by atoms with E-state index in [4.69, 9.17) is 15.5 Å². The number of nitrogen functional groups attached to an aromatic ring is 1. The van der Waals surface area contributed by atoms with Gasteiger partial charge in [0.1, 0.15) is 5.01 Å². The molecule has 3 rings (SSSR count). The minimum absolute atomic E-state index is 0.786. The standard InChI is InChI=1S/C14H17N3OS/c15-12-3-1-11(2-4-12)14-16-13(10-19-14)9-17-5-7-18-8-6-17/h1-4,10H,5-9,15H2. The molecule has 0 radical (unpaired) electrons. The highest BCUT2D eigenvalue weighted by atomic mass is 32.1. The minimum Gasteiger partial charge on any atom is -0.399 e. The first-order valence-electron chi connectivity index (χ1n) is 6.42.